The van der Waals surface area contributed by atoms with Gasteiger partial charge in [-0.15, -0.1) is 0 Å². The summed E-state index contributed by atoms with van der Waals surface area (Å²) in [5, 5.41) is 1.17. The quantitative estimate of drug-likeness (QED) is 0.833. The first-order valence-corrected chi connectivity index (χ1v) is 8.04. The number of rotatable bonds is 7. The van der Waals surface area contributed by atoms with E-state index in [1.807, 2.05) is 18.2 Å². The minimum absolute atomic E-state index is 0.664. The Hall–Kier alpha value is -1.61. The summed E-state index contributed by atoms with van der Waals surface area (Å²) in [6.45, 7) is 9.82. The molecule has 3 heteroatoms. The standard InChI is InChI=1S/C18H27N3/c1-4-14(5-2)12-21(6-3)13-16-11-15-9-7-8-10-17(15)20-18(16)19/h7-11,14H,4-6,12-13H2,1-3H3,(H2,19,20). The third-order valence-corrected chi connectivity index (χ3v) is 4.35. The Morgan fingerprint density at radius 2 is 1.86 bits per heavy atom. The van der Waals surface area contributed by atoms with E-state index in [1.54, 1.807) is 0 Å². The molecule has 1 aromatic carbocycles. The molecule has 0 aliphatic heterocycles. The van der Waals surface area contributed by atoms with E-state index in [0.717, 1.165) is 36.6 Å². The van der Waals surface area contributed by atoms with Crippen LogP contribution in [0.25, 0.3) is 10.9 Å². The van der Waals surface area contributed by atoms with Crippen LogP contribution in [-0.2, 0) is 6.54 Å². The van der Waals surface area contributed by atoms with Crippen molar-refractivity contribution in [2.45, 2.75) is 40.2 Å². The molecule has 21 heavy (non-hydrogen) atoms. The van der Waals surface area contributed by atoms with E-state index < -0.39 is 0 Å². The average Bonchev–Trinajstić information content (AvgIpc) is 2.51. The molecule has 0 atom stereocenters. The van der Waals surface area contributed by atoms with Gasteiger partial charge in [0.1, 0.15) is 5.82 Å². The van der Waals surface area contributed by atoms with Crippen molar-refractivity contribution in [2.75, 3.05) is 18.8 Å². The Kier molecular flexibility index (Phi) is 5.57. The highest BCUT2D eigenvalue weighted by atomic mass is 15.1. The second-order valence-corrected chi connectivity index (χ2v) is 5.74. The van der Waals surface area contributed by atoms with E-state index in [0.29, 0.717) is 5.82 Å². The fraction of sp³-hybridized carbons (Fsp3) is 0.500. The molecule has 0 aliphatic rings. The Bertz CT molecular complexity index is 576. The fourth-order valence-electron chi connectivity index (χ4n) is 2.76. The van der Waals surface area contributed by atoms with Gasteiger partial charge in [0.05, 0.1) is 5.52 Å². The van der Waals surface area contributed by atoms with Crippen molar-refractivity contribution in [3.63, 3.8) is 0 Å². The monoisotopic (exact) mass is 285 g/mol. The summed E-state index contributed by atoms with van der Waals surface area (Å²) in [6.07, 6.45) is 2.47. The first-order chi connectivity index (χ1) is 10.2. The Balaban J connectivity index is 2.18. The summed E-state index contributed by atoms with van der Waals surface area (Å²) in [5.41, 5.74) is 8.26. The topological polar surface area (TPSA) is 42.2 Å². The number of pyridine rings is 1. The highest BCUT2D eigenvalue weighted by molar-refractivity contribution is 5.81. The van der Waals surface area contributed by atoms with E-state index in [1.165, 1.54) is 18.2 Å². The lowest BCUT2D eigenvalue weighted by Crippen LogP contribution is -2.29. The number of aromatic nitrogens is 1. The van der Waals surface area contributed by atoms with Gasteiger partial charge in [0.25, 0.3) is 0 Å². The molecule has 0 aliphatic carbocycles. The zero-order chi connectivity index (χ0) is 15.2. The molecule has 0 fully saturated rings. The van der Waals surface area contributed by atoms with Crippen LogP contribution < -0.4 is 5.73 Å². The smallest absolute Gasteiger partial charge is 0.128 e. The van der Waals surface area contributed by atoms with E-state index in [4.69, 9.17) is 5.73 Å². The fourth-order valence-corrected chi connectivity index (χ4v) is 2.76. The largest absolute Gasteiger partial charge is 0.383 e. The number of hydrogen-bond donors (Lipinski definition) is 1. The molecule has 0 radical (unpaired) electrons. The number of benzene rings is 1. The molecular formula is C18H27N3. The van der Waals surface area contributed by atoms with Crippen molar-refractivity contribution in [3.05, 3.63) is 35.9 Å². The average molecular weight is 285 g/mol. The molecule has 0 saturated carbocycles. The van der Waals surface area contributed by atoms with Crippen LogP contribution in [0.3, 0.4) is 0 Å². The maximum absolute atomic E-state index is 6.15. The number of nitrogens with two attached hydrogens (primary N) is 1. The maximum Gasteiger partial charge on any atom is 0.128 e. The molecule has 2 rings (SSSR count). The number of nitrogens with zero attached hydrogens (tertiary/aromatic N) is 2. The number of hydrogen-bond acceptors (Lipinski definition) is 3. The second kappa shape index (κ2) is 7.41. The summed E-state index contributed by atoms with van der Waals surface area (Å²) in [7, 11) is 0. The number of fused-ring (bicyclic) bond motifs is 1. The molecule has 0 amide bonds. The van der Waals surface area contributed by atoms with Crippen LogP contribution in [0.1, 0.15) is 39.2 Å². The molecule has 3 nitrogen and oxygen atoms in total. The predicted molar refractivity (Wildman–Crippen MR) is 91.2 cm³/mol. The molecule has 2 aromatic rings. The first-order valence-electron chi connectivity index (χ1n) is 8.04. The van der Waals surface area contributed by atoms with Gasteiger partial charge in [-0.25, -0.2) is 4.98 Å². The molecule has 1 heterocycles. The van der Waals surface area contributed by atoms with Gasteiger partial charge in [-0.1, -0.05) is 51.8 Å². The van der Waals surface area contributed by atoms with E-state index in [-0.39, 0.29) is 0 Å². The van der Waals surface area contributed by atoms with Crippen LogP contribution in [0, 0.1) is 5.92 Å². The highest BCUT2D eigenvalue weighted by Crippen LogP contribution is 2.20. The summed E-state index contributed by atoms with van der Waals surface area (Å²) >= 11 is 0. The zero-order valence-corrected chi connectivity index (χ0v) is 13.5. The summed E-state index contributed by atoms with van der Waals surface area (Å²) in [6, 6.07) is 10.3. The maximum atomic E-state index is 6.15. The number of nitrogen functional groups attached to an aromatic ring is 1. The summed E-state index contributed by atoms with van der Waals surface area (Å²) in [4.78, 5) is 7.01. The molecule has 0 spiro atoms. The van der Waals surface area contributed by atoms with Gasteiger partial charge in [-0.3, -0.25) is 4.90 Å². The zero-order valence-electron chi connectivity index (χ0n) is 13.5. The number of anilines is 1. The minimum atomic E-state index is 0.664. The molecular weight excluding hydrogens is 258 g/mol. The van der Waals surface area contributed by atoms with Crippen LogP contribution in [0.2, 0.25) is 0 Å². The lowest BCUT2D eigenvalue weighted by molar-refractivity contribution is 0.226. The SMILES string of the molecule is CCC(CC)CN(CC)Cc1cc2ccccc2nc1N. The highest BCUT2D eigenvalue weighted by Gasteiger charge is 2.12. The van der Waals surface area contributed by atoms with E-state index >= 15 is 0 Å². The van der Waals surface area contributed by atoms with Crippen molar-refractivity contribution >= 4 is 16.7 Å². The summed E-state index contributed by atoms with van der Waals surface area (Å²) < 4.78 is 0. The van der Waals surface area contributed by atoms with Gasteiger partial charge < -0.3 is 5.73 Å². The predicted octanol–water partition coefficient (Wildman–Crippen LogP) is 4.08. The van der Waals surface area contributed by atoms with Crippen molar-refractivity contribution < 1.29 is 0 Å². The van der Waals surface area contributed by atoms with Gasteiger partial charge >= 0.3 is 0 Å². The first kappa shape index (κ1) is 15.8. The molecule has 0 unspecified atom stereocenters. The van der Waals surface area contributed by atoms with Crippen molar-refractivity contribution in [2.24, 2.45) is 5.92 Å². The number of para-hydroxylation sites is 1. The van der Waals surface area contributed by atoms with E-state index in [2.05, 4.69) is 42.8 Å². The third kappa shape index (κ3) is 3.94. The van der Waals surface area contributed by atoms with Crippen molar-refractivity contribution in [1.82, 2.24) is 9.88 Å². The minimum Gasteiger partial charge on any atom is -0.383 e. The lowest BCUT2D eigenvalue weighted by Gasteiger charge is -2.25. The van der Waals surface area contributed by atoms with Crippen LogP contribution >= 0.6 is 0 Å². The van der Waals surface area contributed by atoms with Gasteiger partial charge in [0.15, 0.2) is 0 Å². The van der Waals surface area contributed by atoms with Gasteiger partial charge in [-0.05, 0) is 24.6 Å². The van der Waals surface area contributed by atoms with E-state index in [9.17, 15) is 0 Å². The molecule has 0 bridgehead atoms. The van der Waals surface area contributed by atoms with Crippen molar-refractivity contribution in [3.8, 4) is 0 Å². The molecule has 2 N–H and O–H groups in total. The van der Waals surface area contributed by atoms with Crippen LogP contribution in [0.4, 0.5) is 5.82 Å². The second-order valence-electron chi connectivity index (χ2n) is 5.74. The van der Waals surface area contributed by atoms with Crippen LogP contribution in [0.5, 0.6) is 0 Å². The van der Waals surface area contributed by atoms with Crippen molar-refractivity contribution in [1.29, 1.82) is 0 Å². The van der Waals surface area contributed by atoms with Crippen LogP contribution in [0.15, 0.2) is 30.3 Å². The Morgan fingerprint density at radius 3 is 2.52 bits per heavy atom. The normalized spacial score (nSPS) is 11.7. The lowest BCUT2D eigenvalue weighted by atomic mass is 10.0. The Labute approximate surface area is 128 Å². The Morgan fingerprint density at radius 1 is 1.14 bits per heavy atom. The molecule has 114 valence electrons. The van der Waals surface area contributed by atoms with Gasteiger partial charge in [0.2, 0.25) is 0 Å². The van der Waals surface area contributed by atoms with Crippen LogP contribution in [-0.4, -0.2) is 23.0 Å². The summed E-state index contributed by atoms with van der Waals surface area (Å²) in [5.74, 6) is 1.43. The molecule has 0 saturated heterocycles. The van der Waals surface area contributed by atoms with Gasteiger partial charge in [-0.2, -0.15) is 0 Å². The molecule has 1 aromatic heterocycles. The van der Waals surface area contributed by atoms with Gasteiger partial charge in [0, 0.05) is 24.0 Å². The third-order valence-electron chi connectivity index (χ3n) is 4.35.